The van der Waals surface area contributed by atoms with E-state index in [-0.39, 0.29) is 6.61 Å². The average Bonchev–Trinajstić information content (AvgIpc) is 2.72. The summed E-state index contributed by atoms with van der Waals surface area (Å²) < 4.78 is 5.81. The Labute approximate surface area is 168 Å². The normalized spacial score (nSPS) is 13.0. The van der Waals surface area contributed by atoms with Gasteiger partial charge in [-0.3, -0.25) is 0 Å². The Morgan fingerprint density at radius 2 is 1.68 bits per heavy atom. The van der Waals surface area contributed by atoms with Gasteiger partial charge in [0.2, 0.25) is 0 Å². The first-order chi connectivity index (χ1) is 13.6. The second-order valence-corrected chi connectivity index (χ2v) is 6.15. The highest BCUT2D eigenvalue weighted by atomic mass is 35.5. The van der Waals surface area contributed by atoms with E-state index in [4.69, 9.17) is 26.0 Å². The maximum atomic E-state index is 10.9. The summed E-state index contributed by atoms with van der Waals surface area (Å²) in [6.07, 6.45) is 0. The molecule has 0 saturated heterocycles. The molecule has 0 amide bonds. The van der Waals surface area contributed by atoms with E-state index in [2.05, 4.69) is 15.5 Å². The van der Waals surface area contributed by atoms with Gasteiger partial charge in [-0.1, -0.05) is 39.2 Å². The average molecular weight is 404 g/mol. The zero-order chi connectivity index (χ0) is 20.4. The first-order valence-electron chi connectivity index (χ1n) is 8.70. The Bertz CT molecular complexity index is 820. The van der Waals surface area contributed by atoms with Crippen LogP contribution in [0, 0.1) is 4.91 Å². The second-order valence-electron chi connectivity index (χ2n) is 5.72. The van der Waals surface area contributed by atoms with Crippen LogP contribution in [0.5, 0.6) is 5.75 Å². The van der Waals surface area contributed by atoms with Crippen molar-refractivity contribution in [2.24, 2.45) is 15.5 Å². The summed E-state index contributed by atoms with van der Waals surface area (Å²) in [5.41, 5.74) is 2.67. The molecule has 0 saturated carbocycles. The number of benzene rings is 2. The zero-order valence-electron chi connectivity index (χ0n) is 16.0. The van der Waals surface area contributed by atoms with Gasteiger partial charge in [0.15, 0.2) is 0 Å². The minimum atomic E-state index is -0.622. The molecule has 0 aliphatic heterocycles. The van der Waals surface area contributed by atoms with Crippen LogP contribution in [0.25, 0.3) is 0 Å². The standard InChI is InChI=1S/C20H22ClN3O4/c1-4-28-24-20(14(2)22-25)16-7-11-18(12-8-16)27-13-19(23-26-3)15-5-9-17(21)10-6-15/h5-12,14H,4,13H2,1-3H3. The summed E-state index contributed by atoms with van der Waals surface area (Å²) in [4.78, 5) is 20.9. The molecular formula is C20H22ClN3O4. The number of oxime groups is 2. The Hall–Kier alpha value is -2.93. The maximum Gasteiger partial charge on any atom is 0.135 e. The van der Waals surface area contributed by atoms with Crippen molar-refractivity contribution in [3.05, 3.63) is 69.6 Å². The maximum absolute atomic E-state index is 10.9. The number of nitroso groups, excluding NO2 is 1. The molecule has 0 heterocycles. The fraction of sp³-hybridized carbons (Fsp3) is 0.300. The molecule has 0 N–H and O–H groups in total. The monoisotopic (exact) mass is 403 g/mol. The Morgan fingerprint density at radius 1 is 1.04 bits per heavy atom. The Morgan fingerprint density at radius 3 is 2.25 bits per heavy atom. The summed E-state index contributed by atoms with van der Waals surface area (Å²) in [5, 5.41) is 11.7. The third-order valence-electron chi connectivity index (χ3n) is 3.75. The molecule has 28 heavy (non-hydrogen) atoms. The zero-order valence-corrected chi connectivity index (χ0v) is 16.7. The molecule has 0 aliphatic rings. The Kier molecular flexibility index (Phi) is 8.42. The molecule has 0 radical (unpaired) electrons. The summed E-state index contributed by atoms with van der Waals surface area (Å²) in [6.45, 7) is 4.09. The van der Waals surface area contributed by atoms with Crippen LogP contribution in [0.3, 0.4) is 0 Å². The van der Waals surface area contributed by atoms with Gasteiger partial charge >= 0.3 is 0 Å². The molecule has 0 aromatic heterocycles. The van der Waals surface area contributed by atoms with E-state index < -0.39 is 6.04 Å². The number of halogens is 1. The SMILES string of the molecule is CCON=C(c1ccc(OCC(=NOC)c2ccc(Cl)cc2)cc1)C(C)N=O. The van der Waals surface area contributed by atoms with Crippen molar-refractivity contribution >= 4 is 23.0 Å². The highest BCUT2D eigenvalue weighted by Gasteiger charge is 2.15. The predicted octanol–water partition coefficient (Wildman–Crippen LogP) is 4.67. The minimum absolute atomic E-state index is 0.209. The molecule has 0 fully saturated rings. The van der Waals surface area contributed by atoms with Crippen molar-refractivity contribution in [1.29, 1.82) is 0 Å². The summed E-state index contributed by atoms with van der Waals surface area (Å²) in [6, 6.07) is 13.8. The van der Waals surface area contributed by atoms with Gasteiger partial charge in [-0.25, -0.2) is 0 Å². The molecule has 0 spiro atoms. The number of ether oxygens (including phenoxy) is 1. The van der Waals surface area contributed by atoms with Crippen LogP contribution < -0.4 is 4.74 Å². The lowest BCUT2D eigenvalue weighted by Crippen LogP contribution is -2.17. The number of hydrogen-bond donors (Lipinski definition) is 0. The van der Waals surface area contributed by atoms with Gasteiger partial charge in [0.1, 0.15) is 43.5 Å². The molecule has 2 aromatic rings. The smallest absolute Gasteiger partial charge is 0.135 e. The highest BCUT2D eigenvalue weighted by molar-refractivity contribution is 6.30. The lowest BCUT2D eigenvalue weighted by atomic mass is 10.1. The highest BCUT2D eigenvalue weighted by Crippen LogP contribution is 2.17. The van der Waals surface area contributed by atoms with Crippen LogP contribution in [0.15, 0.2) is 64.0 Å². The van der Waals surface area contributed by atoms with Crippen molar-refractivity contribution in [3.63, 3.8) is 0 Å². The molecular weight excluding hydrogens is 382 g/mol. The molecule has 0 bridgehead atoms. The van der Waals surface area contributed by atoms with Crippen LogP contribution in [-0.4, -0.2) is 37.8 Å². The molecule has 7 nitrogen and oxygen atoms in total. The number of nitrogens with zero attached hydrogens (tertiary/aromatic N) is 3. The largest absolute Gasteiger partial charge is 0.487 e. The molecule has 1 unspecified atom stereocenters. The van der Waals surface area contributed by atoms with Gasteiger partial charge in [0, 0.05) is 16.1 Å². The summed E-state index contributed by atoms with van der Waals surface area (Å²) >= 11 is 5.92. The summed E-state index contributed by atoms with van der Waals surface area (Å²) in [7, 11) is 1.48. The van der Waals surface area contributed by atoms with Crippen molar-refractivity contribution in [2.75, 3.05) is 20.3 Å². The first-order valence-corrected chi connectivity index (χ1v) is 9.08. The van der Waals surface area contributed by atoms with E-state index in [1.54, 1.807) is 43.3 Å². The van der Waals surface area contributed by atoms with Gasteiger partial charge < -0.3 is 14.4 Å². The van der Waals surface area contributed by atoms with Crippen LogP contribution in [-0.2, 0) is 9.68 Å². The number of hydrogen-bond acceptors (Lipinski definition) is 7. The van der Waals surface area contributed by atoms with Crippen molar-refractivity contribution in [2.45, 2.75) is 19.9 Å². The van der Waals surface area contributed by atoms with Crippen LogP contribution >= 0.6 is 11.6 Å². The summed E-state index contributed by atoms with van der Waals surface area (Å²) in [5.74, 6) is 0.629. The lowest BCUT2D eigenvalue weighted by Gasteiger charge is -2.11. The molecule has 2 aromatic carbocycles. The quantitative estimate of drug-likeness (QED) is 0.328. The van der Waals surface area contributed by atoms with Crippen LogP contribution in [0.2, 0.25) is 5.02 Å². The molecule has 2 rings (SSSR count). The molecule has 1 atom stereocenters. The van der Waals surface area contributed by atoms with E-state index in [1.807, 2.05) is 19.1 Å². The van der Waals surface area contributed by atoms with Crippen molar-refractivity contribution in [3.8, 4) is 5.75 Å². The fourth-order valence-electron chi connectivity index (χ4n) is 2.34. The first kappa shape index (κ1) is 21.4. The third kappa shape index (κ3) is 6.06. The molecule has 0 aliphatic carbocycles. The van der Waals surface area contributed by atoms with E-state index >= 15 is 0 Å². The van der Waals surface area contributed by atoms with Crippen molar-refractivity contribution in [1.82, 2.24) is 0 Å². The topological polar surface area (TPSA) is 81.8 Å². The van der Waals surface area contributed by atoms with Crippen LogP contribution in [0.1, 0.15) is 25.0 Å². The van der Waals surface area contributed by atoms with E-state index in [0.717, 1.165) is 11.1 Å². The van der Waals surface area contributed by atoms with Gasteiger partial charge in [-0.05, 0) is 50.2 Å². The van der Waals surface area contributed by atoms with E-state index in [0.29, 0.717) is 28.8 Å². The Balaban J connectivity index is 2.11. The minimum Gasteiger partial charge on any atom is -0.487 e. The molecule has 148 valence electrons. The van der Waals surface area contributed by atoms with Crippen LogP contribution in [0.4, 0.5) is 0 Å². The van der Waals surface area contributed by atoms with E-state index in [9.17, 15) is 4.91 Å². The second kappa shape index (κ2) is 11.0. The molecule has 8 heteroatoms. The van der Waals surface area contributed by atoms with Gasteiger partial charge in [-0.2, -0.15) is 4.91 Å². The fourth-order valence-corrected chi connectivity index (χ4v) is 2.47. The van der Waals surface area contributed by atoms with Crippen molar-refractivity contribution < 1.29 is 14.4 Å². The van der Waals surface area contributed by atoms with Gasteiger partial charge in [0.25, 0.3) is 0 Å². The third-order valence-corrected chi connectivity index (χ3v) is 4.00. The van der Waals surface area contributed by atoms with Gasteiger partial charge in [-0.15, -0.1) is 0 Å². The van der Waals surface area contributed by atoms with Gasteiger partial charge in [0.05, 0.1) is 0 Å². The lowest BCUT2D eigenvalue weighted by molar-refractivity contribution is 0.158. The number of rotatable bonds is 10. The predicted molar refractivity (Wildman–Crippen MR) is 110 cm³/mol. The van der Waals surface area contributed by atoms with E-state index in [1.165, 1.54) is 7.11 Å².